The van der Waals surface area contributed by atoms with Crippen molar-refractivity contribution in [3.05, 3.63) is 30.1 Å². The lowest BCUT2D eigenvalue weighted by molar-refractivity contribution is -0.115. The van der Waals surface area contributed by atoms with Crippen molar-refractivity contribution in [2.24, 2.45) is 5.73 Å². The van der Waals surface area contributed by atoms with Crippen LogP contribution in [-0.2, 0) is 4.79 Å². The van der Waals surface area contributed by atoms with Crippen molar-refractivity contribution in [1.82, 2.24) is 5.32 Å². The van der Waals surface area contributed by atoms with Gasteiger partial charge in [-0.15, -0.1) is 0 Å². The maximum atomic E-state index is 12.5. The molecule has 0 aliphatic carbocycles. The van der Waals surface area contributed by atoms with Gasteiger partial charge in [-0.2, -0.15) is 0 Å². The Morgan fingerprint density at radius 3 is 2.60 bits per heavy atom. The Labute approximate surface area is 87.7 Å². The zero-order valence-corrected chi connectivity index (χ0v) is 8.29. The van der Waals surface area contributed by atoms with Gasteiger partial charge < -0.3 is 16.4 Å². The second-order valence-corrected chi connectivity index (χ2v) is 3.02. The van der Waals surface area contributed by atoms with Crippen LogP contribution < -0.4 is 16.4 Å². The molecule has 0 atom stereocenters. The van der Waals surface area contributed by atoms with Crippen molar-refractivity contribution in [2.75, 3.05) is 25.0 Å². The van der Waals surface area contributed by atoms with Crippen LogP contribution >= 0.6 is 0 Å². The fourth-order valence-electron chi connectivity index (χ4n) is 1.04. The predicted octanol–water partition coefficient (Wildman–Crippen LogP) is 0.312. The summed E-state index contributed by atoms with van der Waals surface area (Å²) in [5.41, 5.74) is 5.83. The largest absolute Gasteiger partial charge is 0.329 e. The molecule has 1 amide bonds. The van der Waals surface area contributed by atoms with Gasteiger partial charge in [0.15, 0.2) is 0 Å². The van der Waals surface area contributed by atoms with Crippen LogP contribution in [0, 0.1) is 5.82 Å². The summed E-state index contributed by atoms with van der Waals surface area (Å²) in [5, 5.41) is 5.47. The molecule has 0 saturated carbocycles. The Morgan fingerprint density at radius 2 is 2.00 bits per heavy atom. The molecule has 0 bridgehead atoms. The number of benzene rings is 1. The molecule has 4 nitrogen and oxygen atoms in total. The zero-order chi connectivity index (χ0) is 11.1. The van der Waals surface area contributed by atoms with Gasteiger partial charge in [0.05, 0.1) is 6.54 Å². The van der Waals surface area contributed by atoms with Crippen molar-refractivity contribution in [2.45, 2.75) is 0 Å². The topological polar surface area (TPSA) is 67.1 Å². The maximum Gasteiger partial charge on any atom is 0.238 e. The van der Waals surface area contributed by atoms with Gasteiger partial charge >= 0.3 is 0 Å². The Hall–Kier alpha value is -1.46. The van der Waals surface area contributed by atoms with Crippen LogP contribution in [-0.4, -0.2) is 25.5 Å². The first-order valence-electron chi connectivity index (χ1n) is 4.68. The molecule has 5 heteroatoms. The van der Waals surface area contributed by atoms with Gasteiger partial charge in [0.1, 0.15) is 5.82 Å². The number of rotatable bonds is 5. The second kappa shape index (κ2) is 6.10. The Kier molecular flexibility index (Phi) is 4.73. The minimum absolute atomic E-state index is 0.171. The molecular weight excluding hydrogens is 197 g/mol. The SMILES string of the molecule is NCCNCC(=O)Nc1ccc(F)cc1. The summed E-state index contributed by atoms with van der Waals surface area (Å²) in [4.78, 5) is 11.3. The summed E-state index contributed by atoms with van der Waals surface area (Å²) < 4.78 is 12.5. The number of amides is 1. The predicted molar refractivity (Wildman–Crippen MR) is 57.0 cm³/mol. The number of nitrogens with two attached hydrogens (primary N) is 1. The lowest BCUT2D eigenvalue weighted by atomic mass is 10.3. The first kappa shape index (κ1) is 11.6. The van der Waals surface area contributed by atoms with E-state index in [2.05, 4.69) is 10.6 Å². The van der Waals surface area contributed by atoms with E-state index in [0.717, 1.165) is 0 Å². The number of nitrogens with one attached hydrogen (secondary N) is 2. The van der Waals surface area contributed by atoms with Crippen LogP contribution in [0.3, 0.4) is 0 Å². The number of hydrogen-bond donors (Lipinski definition) is 3. The molecule has 82 valence electrons. The quantitative estimate of drug-likeness (QED) is 0.614. The van der Waals surface area contributed by atoms with Crippen molar-refractivity contribution in [1.29, 1.82) is 0 Å². The zero-order valence-electron chi connectivity index (χ0n) is 8.29. The molecule has 0 radical (unpaired) electrons. The van der Waals surface area contributed by atoms with Crippen LogP contribution in [0.4, 0.5) is 10.1 Å². The van der Waals surface area contributed by atoms with Gasteiger partial charge in [-0.25, -0.2) is 4.39 Å². The Balaban J connectivity index is 2.34. The fraction of sp³-hybridized carbons (Fsp3) is 0.300. The molecule has 15 heavy (non-hydrogen) atoms. The summed E-state index contributed by atoms with van der Waals surface area (Å²) in [5.74, 6) is -0.496. The normalized spacial score (nSPS) is 10.0. The molecule has 0 saturated heterocycles. The number of carbonyl (C=O) groups is 1. The van der Waals surface area contributed by atoms with E-state index in [1.807, 2.05) is 0 Å². The summed E-state index contributed by atoms with van der Waals surface area (Å²) in [6, 6.07) is 5.61. The molecule has 0 aliphatic rings. The number of anilines is 1. The van der Waals surface area contributed by atoms with Crippen molar-refractivity contribution < 1.29 is 9.18 Å². The number of halogens is 1. The van der Waals surface area contributed by atoms with Gasteiger partial charge in [0.2, 0.25) is 5.91 Å². The first-order chi connectivity index (χ1) is 7.22. The summed E-state index contributed by atoms with van der Waals surface area (Å²) >= 11 is 0. The van der Waals surface area contributed by atoms with E-state index >= 15 is 0 Å². The monoisotopic (exact) mass is 211 g/mol. The minimum Gasteiger partial charge on any atom is -0.329 e. The summed E-state index contributed by atoms with van der Waals surface area (Å²) in [6.07, 6.45) is 0. The van der Waals surface area contributed by atoms with E-state index in [9.17, 15) is 9.18 Å². The first-order valence-corrected chi connectivity index (χ1v) is 4.68. The minimum atomic E-state index is -0.325. The average molecular weight is 211 g/mol. The molecule has 1 aromatic rings. The van der Waals surface area contributed by atoms with Gasteiger partial charge in [0.25, 0.3) is 0 Å². The summed E-state index contributed by atoms with van der Waals surface area (Å²) in [6.45, 7) is 1.29. The van der Waals surface area contributed by atoms with Crippen molar-refractivity contribution in [3.8, 4) is 0 Å². The van der Waals surface area contributed by atoms with Crippen LogP contribution in [0.2, 0.25) is 0 Å². The molecule has 0 aromatic heterocycles. The van der Waals surface area contributed by atoms with Gasteiger partial charge in [-0.3, -0.25) is 4.79 Å². The highest BCUT2D eigenvalue weighted by Crippen LogP contribution is 2.07. The maximum absolute atomic E-state index is 12.5. The lowest BCUT2D eigenvalue weighted by Gasteiger charge is -2.05. The second-order valence-electron chi connectivity index (χ2n) is 3.02. The highest BCUT2D eigenvalue weighted by Gasteiger charge is 2.00. The smallest absolute Gasteiger partial charge is 0.238 e. The third-order valence-corrected chi connectivity index (χ3v) is 1.73. The molecule has 0 unspecified atom stereocenters. The van der Waals surface area contributed by atoms with E-state index in [-0.39, 0.29) is 18.3 Å². The van der Waals surface area contributed by atoms with Crippen LogP contribution in [0.15, 0.2) is 24.3 Å². The molecule has 0 aliphatic heterocycles. The molecule has 0 spiro atoms. The van der Waals surface area contributed by atoms with Gasteiger partial charge in [-0.1, -0.05) is 0 Å². The van der Waals surface area contributed by atoms with Gasteiger partial charge in [-0.05, 0) is 24.3 Å². The van der Waals surface area contributed by atoms with Crippen LogP contribution in [0.1, 0.15) is 0 Å². The number of carbonyl (C=O) groups excluding carboxylic acids is 1. The summed E-state index contributed by atoms with van der Waals surface area (Å²) in [7, 11) is 0. The Bertz CT molecular complexity index is 313. The molecule has 4 N–H and O–H groups in total. The standard InChI is InChI=1S/C10H14FN3O/c11-8-1-3-9(4-2-8)14-10(15)7-13-6-5-12/h1-4,13H,5-7,12H2,(H,14,15). The average Bonchev–Trinajstić information content (AvgIpc) is 2.22. The molecule has 1 aromatic carbocycles. The van der Waals surface area contributed by atoms with E-state index < -0.39 is 0 Å². The van der Waals surface area contributed by atoms with E-state index in [4.69, 9.17) is 5.73 Å². The highest BCUT2D eigenvalue weighted by atomic mass is 19.1. The molecule has 1 rings (SSSR count). The fourth-order valence-corrected chi connectivity index (χ4v) is 1.04. The highest BCUT2D eigenvalue weighted by molar-refractivity contribution is 5.92. The van der Waals surface area contributed by atoms with E-state index in [0.29, 0.717) is 18.8 Å². The molecule has 0 heterocycles. The van der Waals surface area contributed by atoms with Crippen LogP contribution in [0.25, 0.3) is 0 Å². The third kappa shape index (κ3) is 4.53. The Morgan fingerprint density at radius 1 is 1.33 bits per heavy atom. The molecular formula is C10H14FN3O. The van der Waals surface area contributed by atoms with Gasteiger partial charge in [0, 0.05) is 18.8 Å². The number of hydrogen-bond acceptors (Lipinski definition) is 3. The van der Waals surface area contributed by atoms with E-state index in [1.165, 1.54) is 24.3 Å². The van der Waals surface area contributed by atoms with Crippen LogP contribution in [0.5, 0.6) is 0 Å². The van der Waals surface area contributed by atoms with Crippen molar-refractivity contribution >= 4 is 11.6 Å². The van der Waals surface area contributed by atoms with Crippen molar-refractivity contribution in [3.63, 3.8) is 0 Å². The lowest BCUT2D eigenvalue weighted by Crippen LogP contribution is -2.31. The molecule has 0 fully saturated rings. The van der Waals surface area contributed by atoms with E-state index in [1.54, 1.807) is 0 Å². The third-order valence-electron chi connectivity index (χ3n) is 1.73.